The van der Waals surface area contributed by atoms with E-state index >= 15 is 0 Å². The van der Waals surface area contributed by atoms with Crippen LogP contribution >= 0.6 is 0 Å². The fraction of sp³-hybridized carbons (Fsp3) is 0.381. The van der Waals surface area contributed by atoms with Crippen LogP contribution in [0.25, 0.3) is 23.2 Å². The van der Waals surface area contributed by atoms with Gasteiger partial charge in [-0.3, -0.25) is 4.98 Å². The SMILES string of the molecule is CNc1nc(C=Cc2cncc(OCCOC3CCCCO3)c2)c2cc[nH]c2n1. The number of hydrogen-bond acceptors (Lipinski definition) is 7. The fourth-order valence-electron chi connectivity index (χ4n) is 3.17. The van der Waals surface area contributed by atoms with Crippen molar-refractivity contribution >= 4 is 29.1 Å². The summed E-state index contributed by atoms with van der Waals surface area (Å²) in [6.45, 7) is 1.72. The van der Waals surface area contributed by atoms with Crippen LogP contribution in [0.3, 0.4) is 0 Å². The molecule has 0 bridgehead atoms. The van der Waals surface area contributed by atoms with Crippen LogP contribution < -0.4 is 10.1 Å². The van der Waals surface area contributed by atoms with Crippen molar-refractivity contribution in [2.45, 2.75) is 25.6 Å². The van der Waals surface area contributed by atoms with Crippen LogP contribution in [0.5, 0.6) is 5.75 Å². The Morgan fingerprint density at radius 2 is 2.21 bits per heavy atom. The van der Waals surface area contributed by atoms with Gasteiger partial charge in [0.25, 0.3) is 0 Å². The molecular weight excluding hydrogens is 370 g/mol. The van der Waals surface area contributed by atoms with E-state index in [1.807, 2.05) is 30.5 Å². The summed E-state index contributed by atoms with van der Waals surface area (Å²) in [5.74, 6) is 1.27. The second-order valence-electron chi connectivity index (χ2n) is 6.73. The second kappa shape index (κ2) is 9.49. The lowest BCUT2D eigenvalue weighted by atomic mass is 10.2. The van der Waals surface area contributed by atoms with E-state index in [0.717, 1.165) is 48.2 Å². The molecule has 152 valence electrons. The van der Waals surface area contributed by atoms with Gasteiger partial charge in [0, 0.05) is 31.4 Å². The third kappa shape index (κ3) is 5.10. The molecule has 4 heterocycles. The molecule has 29 heavy (non-hydrogen) atoms. The lowest BCUT2D eigenvalue weighted by Gasteiger charge is -2.22. The molecule has 1 saturated heterocycles. The molecule has 8 nitrogen and oxygen atoms in total. The molecule has 1 unspecified atom stereocenters. The average molecular weight is 395 g/mol. The zero-order chi connectivity index (χ0) is 19.9. The summed E-state index contributed by atoms with van der Waals surface area (Å²) in [6, 6.07) is 3.90. The van der Waals surface area contributed by atoms with Crippen LogP contribution in [0.15, 0.2) is 30.7 Å². The number of rotatable bonds is 8. The molecule has 0 aliphatic carbocycles. The number of nitrogens with zero attached hydrogens (tertiary/aromatic N) is 3. The standard InChI is InChI=1S/C21H25N5O3/c1-22-21-25-18(17-7-8-24-20(17)26-21)6-5-15-12-16(14-23-13-15)27-10-11-29-19-4-2-3-9-28-19/h5-8,12-14,19H,2-4,9-11H2,1H3,(H2,22,24,25,26). The molecule has 0 radical (unpaired) electrons. The lowest BCUT2D eigenvalue weighted by Crippen LogP contribution is -2.24. The highest BCUT2D eigenvalue weighted by atomic mass is 16.7. The van der Waals surface area contributed by atoms with Gasteiger partial charge in [-0.05, 0) is 43.0 Å². The quantitative estimate of drug-likeness (QED) is 0.564. The maximum absolute atomic E-state index is 5.77. The fourth-order valence-corrected chi connectivity index (χ4v) is 3.17. The van der Waals surface area contributed by atoms with Gasteiger partial charge in [-0.25, -0.2) is 4.98 Å². The predicted octanol–water partition coefficient (Wildman–Crippen LogP) is 3.49. The first-order valence-corrected chi connectivity index (χ1v) is 9.84. The van der Waals surface area contributed by atoms with Crippen LogP contribution in [0.4, 0.5) is 5.95 Å². The first-order chi connectivity index (χ1) is 14.3. The van der Waals surface area contributed by atoms with Gasteiger partial charge in [0.1, 0.15) is 18.0 Å². The minimum atomic E-state index is -0.0969. The Morgan fingerprint density at radius 3 is 3.07 bits per heavy atom. The normalized spacial score (nSPS) is 17.1. The number of aromatic amines is 1. The Labute approximate surface area is 169 Å². The van der Waals surface area contributed by atoms with E-state index in [1.54, 1.807) is 19.4 Å². The van der Waals surface area contributed by atoms with Gasteiger partial charge in [0.2, 0.25) is 5.95 Å². The number of aromatic nitrogens is 4. The Kier molecular flexibility index (Phi) is 6.33. The molecule has 0 aromatic carbocycles. The van der Waals surface area contributed by atoms with Gasteiger partial charge in [-0.2, -0.15) is 4.98 Å². The Balaban J connectivity index is 1.37. The molecule has 2 N–H and O–H groups in total. The van der Waals surface area contributed by atoms with E-state index in [2.05, 4.69) is 25.3 Å². The molecule has 3 aromatic heterocycles. The van der Waals surface area contributed by atoms with Crippen molar-refractivity contribution in [2.24, 2.45) is 0 Å². The van der Waals surface area contributed by atoms with E-state index in [-0.39, 0.29) is 6.29 Å². The number of nitrogens with one attached hydrogen (secondary N) is 2. The highest BCUT2D eigenvalue weighted by Crippen LogP contribution is 2.20. The van der Waals surface area contributed by atoms with Gasteiger partial charge < -0.3 is 24.5 Å². The van der Waals surface area contributed by atoms with E-state index in [9.17, 15) is 0 Å². The lowest BCUT2D eigenvalue weighted by molar-refractivity contribution is -0.165. The maximum atomic E-state index is 5.77. The summed E-state index contributed by atoms with van der Waals surface area (Å²) in [5.41, 5.74) is 2.54. The van der Waals surface area contributed by atoms with Crippen LogP contribution in [-0.2, 0) is 9.47 Å². The Hall–Kier alpha value is -2.97. The molecule has 0 spiro atoms. The minimum absolute atomic E-state index is 0.0969. The monoisotopic (exact) mass is 395 g/mol. The molecule has 0 saturated carbocycles. The van der Waals surface area contributed by atoms with E-state index < -0.39 is 0 Å². The highest BCUT2D eigenvalue weighted by molar-refractivity contribution is 5.88. The molecule has 1 aliphatic heterocycles. The molecule has 1 fully saturated rings. The number of ether oxygens (including phenoxy) is 3. The highest BCUT2D eigenvalue weighted by Gasteiger charge is 2.13. The van der Waals surface area contributed by atoms with Crippen molar-refractivity contribution < 1.29 is 14.2 Å². The molecule has 4 rings (SSSR count). The number of H-pyrrole nitrogens is 1. The second-order valence-corrected chi connectivity index (χ2v) is 6.73. The Bertz CT molecular complexity index is 966. The predicted molar refractivity (Wildman–Crippen MR) is 112 cm³/mol. The third-order valence-corrected chi connectivity index (χ3v) is 4.63. The van der Waals surface area contributed by atoms with Gasteiger partial charge in [0.15, 0.2) is 6.29 Å². The molecule has 8 heteroatoms. The topological polar surface area (TPSA) is 94.2 Å². The molecule has 1 aliphatic rings. The maximum Gasteiger partial charge on any atom is 0.224 e. The zero-order valence-corrected chi connectivity index (χ0v) is 16.4. The summed E-state index contributed by atoms with van der Waals surface area (Å²) in [6.07, 6.45) is 12.4. The number of hydrogen-bond donors (Lipinski definition) is 2. The van der Waals surface area contributed by atoms with E-state index in [1.165, 1.54) is 0 Å². The van der Waals surface area contributed by atoms with Crippen LogP contribution in [0.2, 0.25) is 0 Å². The molecule has 1 atom stereocenters. The summed E-state index contributed by atoms with van der Waals surface area (Å²) in [5, 5.41) is 3.94. The third-order valence-electron chi connectivity index (χ3n) is 4.63. The average Bonchev–Trinajstić information content (AvgIpc) is 3.25. The van der Waals surface area contributed by atoms with Crippen molar-refractivity contribution in [2.75, 3.05) is 32.2 Å². The minimum Gasteiger partial charge on any atom is -0.490 e. The van der Waals surface area contributed by atoms with E-state index in [0.29, 0.717) is 24.9 Å². The Morgan fingerprint density at radius 1 is 1.24 bits per heavy atom. The number of pyridine rings is 1. The van der Waals surface area contributed by atoms with Gasteiger partial charge in [0.05, 0.1) is 18.5 Å². The molecular formula is C21H25N5O3. The van der Waals surface area contributed by atoms with Crippen molar-refractivity contribution in [1.82, 2.24) is 19.9 Å². The summed E-state index contributed by atoms with van der Waals surface area (Å²) >= 11 is 0. The van der Waals surface area contributed by atoms with Crippen LogP contribution in [0.1, 0.15) is 30.5 Å². The molecule has 3 aromatic rings. The van der Waals surface area contributed by atoms with Crippen LogP contribution in [-0.4, -0.2) is 53.1 Å². The summed E-state index contributed by atoms with van der Waals surface area (Å²) in [7, 11) is 1.80. The van der Waals surface area contributed by atoms with Gasteiger partial charge in [-0.1, -0.05) is 6.08 Å². The van der Waals surface area contributed by atoms with Crippen molar-refractivity contribution in [3.63, 3.8) is 0 Å². The first kappa shape index (κ1) is 19.4. The largest absolute Gasteiger partial charge is 0.490 e. The first-order valence-electron chi connectivity index (χ1n) is 9.84. The van der Waals surface area contributed by atoms with E-state index in [4.69, 9.17) is 14.2 Å². The van der Waals surface area contributed by atoms with Crippen molar-refractivity contribution in [1.29, 1.82) is 0 Å². The number of fused-ring (bicyclic) bond motifs is 1. The van der Waals surface area contributed by atoms with Crippen molar-refractivity contribution in [3.05, 3.63) is 42.0 Å². The summed E-state index contributed by atoms with van der Waals surface area (Å²) in [4.78, 5) is 16.3. The summed E-state index contributed by atoms with van der Waals surface area (Å²) < 4.78 is 17.0. The molecule has 0 amide bonds. The van der Waals surface area contributed by atoms with Crippen LogP contribution in [0, 0.1) is 0 Å². The number of anilines is 1. The smallest absolute Gasteiger partial charge is 0.224 e. The zero-order valence-electron chi connectivity index (χ0n) is 16.4. The van der Waals surface area contributed by atoms with Gasteiger partial charge >= 0.3 is 0 Å². The van der Waals surface area contributed by atoms with Crippen molar-refractivity contribution in [3.8, 4) is 5.75 Å². The van der Waals surface area contributed by atoms with Gasteiger partial charge in [-0.15, -0.1) is 0 Å².